The maximum Gasteiger partial charge on any atom is 0.228 e. The minimum Gasteiger partial charge on any atom is -0.504 e. The highest BCUT2D eigenvalue weighted by Crippen LogP contribution is 2.29. The second kappa shape index (κ2) is 6.68. The van der Waals surface area contributed by atoms with Gasteiger partial charge in [-0.1, -0.05) is 6.07 Å². The number of aliphatic imine (C=N–C) groups is 1. The molecule has 0 fully saturated rings. The lowest BCUT2D eigenvalue weighted by Crippen LogP contribution is -1.88. The van der Waals surface area contributed by atoms with Crippen LogP contribution in [-0.2, 0) is 0 Å². The average molecular weight is 345 g/mol. The van der Waals surface area contributed by atoms with Crippen molar-refractivity contribution in [3.8, 4) is 23.0 Å². The number of rotatable bonds is 4. The highest BCUT2D eigenvalue weighted by molar-refractivity contribution is 5.86. The van der Waals surface area contributed by atoms with Gasteiger partial charge in [-0.2, -0.15) is 4.98 Å². The largest absolute Gasteiger partial charge is 0.504 e. The number of phenols is 1. The van der Waals surface area contributed by atoms with E-state index in [1.165, 1.54) is 7.11 Å². The number of oxazole rings is 1. The maximum atomic E-state index is 10.1. The number of phenolic OH excluding ortho intramolecular Hbond substituents is 1. The number of hydrogen-bond donors (Lipinski definition) is 1. The summed E-state index contributed by atoms with van der Waals surface area (Å²) in [6.45, 7) is 0. The molecule has 0 saturated heterocycles. The smallest absolute Gasteiger partial charge is 0.228 e. The minimum atomic E-state index is 0.0642. The predicted molar refractivity (Wildman–Crippen MR) is 99.2 cm³/mol. The molecular formula is C20H15N3O3. The van der Waals surface area contributed by atoms with E-state index in [0.717, 1.165) is 11.3 Å². The van der Waals surface area contributed by atoms with Crippen LogP contribution in [0.3, 0.4) is 0 Å². The monoisotopic (exact) mass is 345 g/mol. The van der Waals surface area contributed by atoms with Gasteiger partial charge < -0.3 is 14.3 Å². The number of aromatic nitrogens is 2. The van der Waals surface area contributed by atoms with Crippen LogP contribution >= 0.6 is 0 Å². The molecule has 4 rings (SSSR count). The Labute approximate surface area is 149 Å². The quantitative estimate of drug-likeness (QED) is 0.556. The van der Waals surface area contributed by atoms with Crippen LogP contribution in [0, 0.1) is 0 Å². The van der Waals surface area contributed by atoms with Gasteiger partial charge in [0.2, 0.25) is 5.89 Å². The van der Waals surface area contributed by atoms with Crippen LogP contribution in [-0.4, -0.2) is 28.4 Å². The van der Waals surface area contributed by atoms with Gasteiger partial charge in [0.15, 0.2) is 22.7 Å². The summed E-state index contributed by atoms with van der Waals surface area (Å²) in [7, 11) is 1.51. The van der Waals surface area contributed by atoms with Gasteiger partial charge in [0, 0.05) is 23.5 Å². The van der Waals surface area contributed by atoms with Gasteiger partial charge in [-0.15, -0.1) is 0 Å². The Balaban J connectivity index is 1.58. The summed E-state index contributed by atoms with van der Waals surface area (Å²) >= 11 is 0. The first-order chi connectivity index (χ1) is 12.7. The maximum absolute atomic E-state index is 10.1. The molecule has 0 atom stereocenters. The van der Waals surface area contributed by atoms with E-state index in [4.69, 9.17) is 9.15 Å². The minimum absolute atomic E-state index is 0.0642. The van der Waals surface area contributed by atoms with Crippen LogP contribution in [0.25, 0.3) is 22.7 Å². The Kier molecular flexibility index (Phi) is 4.07. The van der Waals surface area contributed by atoms with Crippen LogP contribution < -0.4 is 4.74 Å². The number of hydrogen-bond acceptors (Lipinski definition) is 6. The van der Waals surface area contributed by atoms with Gasteiger partial charge in [0.05, 0.1) is 12.8 Å². The molecule has 0 amide bonds. The summed E-state index contributed by atoms with van der Waals surface area (Å²) in [5.74, 6) is 0.989. The summed E-state index contributed by atoms with van der Waals surface area (Å²) in [5.41, 5.74) is 3.39. The lowest BCUT2D eigenvalue weighted by molar-refractivity contribution is 0.373. The Hall–Kier alpha value is -3.67. The first kappa shape index (κ1) is 15.8. The fraction of sp³-hybridized carbons (Fsp3) is 0.0500. The number of pyridine rings is 1. The van der Waals surface area contributed by atoms with Crippen LogP contribution in [0.4, 0.5) is 5.69 Å². The SMILES string of the molecule is COc1cccc(C=Nc2ccc(-c3nc4ncccc4o3)cc2)c1O. The molecule has 4 aromatic rings. The molecule has 0 bridgehead atoms. The third-order valence-corrected chi connectivity index (χ3v) is 3.88. The van der Waals surface area contributed by atoms with E-state index in [1.54, 1.807) is 30.6 Å². The molecule has 0 saturated carbocycles. The van der Waals surface area contributed by atoms with Gasteiger partial charge in [-0.25, -0.2) is 4.98 Å². The van der Waals surface area contributed by atoms with Gasteiger partial charge in [0.1, 0.15) is 0 Å². The number of ether oxygens (including phenoxy) is 1. The molecule has 0 aliphatic carbocycles. The summed E-state index contributed by atoms with van der Waals surface area (Å²) in [4.78, 5) is 12.9. The zero-order valence-electron chi connectivity index (χ0n) is 14.0. The molecule has 2 aromatic carbocycles. The van der Waals surface area contributed by atoms with Crippen LogP contribution in [0.2, 0.25) is 0 Å². The second-order valence-electron chi connectivity index (χ2n) is 5.55. The number of methoxy groups -OCH3 is 1. The Bertz CT molecular complexity index is 1050. The molecule has 6 nitrogen and oxygen atoms in total. The van der Waals surface area contributed by atoms with E-state index in [9.17, 15) is 5.11 Å². The number of nitrogens with zero attached hydrogens (tertiary/aromatic N) is 3. The molecule has 6 heteroatoms. The van der Waals surface area contributed by atoms with Gasteiger partial charge in [-0.05, 0) is 48.5 Å². The summed E-state index contributed by atoms with van der Waals surface area (Å²) in [5, 5.41) is 10.1. The Morgan fingerprint density at radius 2 is 1.92 bits per heavy atom. The third-order valence-electron chi connectivity index (χ3n) is 3.88. The number of aromatic hydroxyl groups is 1. The number of fused-ring (bicyclic) bond motifs is 1. The fourth-order valence-corrected chi connectivity index (χ4v) is 2.53. The topological polar surface area (TPSA) is 80.7 Å². The van der Waals surface area contributed by atoms with E-state index >= 15 is 0 Å². The van der Waals surface area contributed by atoms with Crippen molar-refractivity contribution in [2.45, 2.75) is 0 Å². The van der Waals surface area contributed by atoms with Crippen molar-refractivity contribution in [3.05, 3.63) is 66.4 Å². The molecule has 0 aliphatic heterocycles. The van der Waals surface area contributed by atoms with Crippen molar-refractivity contribution < 1.29 is 14.3 Å². The van der Waals surface area contributed by atoms with Crippen LogP contribution in [0.15, 0.2) is 70.2 Å². The molecular weight excluding hydrogens is 330 g/mol. The van der Waals surface area contributed by atoms with E-state index in [-0.39, 0.29) is 5.75 Å². The lowest BCUT2D eigenvalue weighted by Gasteiger charge is -2.04. The van der Waals surface area contributed by atoms with Crippen molar-refractivity contribution in [2.24, 2.45) is 4.99 Å². The van der Waals surface area contributed by atoms with Crippen LogP contribution in [0.5, 0.6) is 11.5 Å². The third kappa shape index (κ3) is 3.00. The Morgan fingerprint density at radius 3 is 2.69 bits per heavy atom. The fourth-order valence-electron chi connectivity index (χ4n) is 2.53. The second-order valence-corrected chi connectivity index (χ2v) is 5.55. The standard InChI is InChI=1S/C20H15N3O3/c1-25-16-5-2-4-14(18(16)24)12-22-15-9-7-13(8-10-15)20-23-19-17(26-20)6-3-11-21-19/h2-12,24H,1H3. The normalized spacial score (nSPS) is 11.3. The van der Waals surface area contributed by atoms with E-state index < -0.39 is 0 Å². The van der Waals surface area contributed by atoms with Crippen LogP contribution in [0.1, 0.15) is 5.56 Å². The molecule has 26 heavy (non-hydrogen) atoms. The van der Waals surface area contributed by atoms with Crippen molar-refractivity contribution >= 4 is 23.1 Å². The predicted octanol–water partition coefficient (Wildman–Crippen LogP) is 4.35. The van der Waals surface area contributed by atoms with Gasteiger partial charge in [-0.3, -0.25) is 4.99 Å². The molecule has 2 aromatic heterocycles. The number of benzene rings is 2. The number of para-hydroxylation sites is 1. The van der Waals surface area contributed by atoms with E-state index in [1.807, 2.05) is 36.4 Å². The first-order valence-corrected chi connectivity index (χ1v) is 7.96. The zero-order chi connectivity index (χ0) is 17.9. The first-order valence-electron chi connectivity index (χ1n) is 7.96. The zero-order valence-corrected chi connectivity index (χ0v) is 14.0. The summed E-state index contributed by atoms with van der Waals surface area (Å²) in [6, 6.07) is 16.4. The van der Waals surface area contributed by atoms with E-state index in [2.05, 4.69) is 15.0 Å². The molecule has 0 unspecified atom stereocenters. The van der Waals surface area contributed by atoms with Crippen molar-refractivity contribution in [3.63, 3.8) is 0 Å². The molecule has 0 radical (unpaired) electrons. The highest BCUT2D eigenvalue weighted by atomic mass is 16.5. The van der Waals surface area contributed by atoms with Crippen molar-refractivity contribution in [1.29, 1.82) is 0 Å². The van der Waals surface area contributed by atoms with Crippen molar-refractivity contribution in [2.75, 3.05) is 7.11 Å². The van der Waals surface area contributed by atoms with Gasteiger partial charge in [0.25, 0.3) is 0 Å². The Morgan fingerprint density at radius 1 is 1.08 bits per heavy atom. The summed E-state index contributed by atoms with van der Waals surface area (Å²) < 4.78 is 10.8. The molecule has 1 N–H and O–H groups in total. The molecule has 2 heterocycles. The average Bonchev–Trinajstić information content (AvgIpc) is 3.12. The molecule has 0 aliphatic rings. The van der Waals surface area contributed by atoms with Crippen molar-refractivity contribution in [1.82, 2.24) is 9.97 Å². The lowest BCUT2D eigenvalue weighted by atomic mass is 10.2. The highest BCUT2D eigenvalue weighted by Gasteiger charge is 2.08. The molecule has 0 spiro atoms. The van der Waals surface area contributed by atoms with Gasteiger partial charge >= 0.3 is 0 Å². The van der Waals surface area contributed by atoms with E-state index in [0.29, 0.717) is 28.4 Å². The summed E-state index contributed by atoms with van der Waals surface area (Å²) in [6.07, 6.45) is 3.27. The molecule has 128 valence electrons.